The average molecular weight is 302 g/mol. The van der Waals surface area contributed by atoms with Gasteiger partial charge >= 0.3 is 17.9 Å². The van der Waals surface area contributed by atoms with Gasteiger partial charge in [-0.25, -0.2) is 0 Å². The summed E-state index contributed by atoms with van der Waals surface area (Å²) in [5, 5.41) is 0. The van der Waals surface area contributed by atoms with Crippen molar-refractivity contribution in [1.29, 1.82) is 0 Å². The Morgan fingerprint density at radius 1 is 0.857 bits per heavy atom. The highest BCUT2D eigenvalue weighted by atomic mass is 16.6. The van der Waals surface area contributed by atoms with Crippen LogP contribution in [0.4, 0.5) is 0 Å². The van der Waals surface area contributed by atoms with Crippen LogP contribution in [0.25, 0.3) is 0 Å². The SMILES string of the molecule is CCOC(=O)C(CC)(CC(=O)OC(C)(C)C)C(=O)OCC. The van der Waals surface area contributed by atoms with Crippen molar-refractivity contribution in [3.8, 4) is 0 Å². The molecule has 0 saturated carbocycles. The van der Waals surface area contributed by atoms with Crippen molar-refractivity contribution >= 4 is 17.9 Å². The first kappa shape index (κ1) is 19.4. The fourth-order valence-corrected chi connectivity index (χ4v) is 1.80. The Hall–Kier alpha value is -1.59. The van der Waals surface area contributed by atoms with Gasteiger partial charge < -0.3 is 14.2 Å². The van der Waals surface area contributed by atoms with E-state index in [4.69, 9.17) is 14.2 Å². The highest BCUT2D eigenvalue weighted by Gasteiger charge is 2.49. The predicted octanol–water partition coefficient (Wildman–Crippen LogP) is 2.24. The Balaban J connectivity index is 5.33. The van der Waals surface area contributed by atoms with E-state index >= 15 is 0 Å². The standard InChI is InChI=1S/C15H26O6/c1-7-15(12(17)19-8-2,13(18)20-9-3)10-11(16)21-14(4,5)6/h7-10H2,1-6H3. The molecule has 0 fully saturated rings. The molecule has 0 aromatic heterocycles. The van der Waals surface area contributed by atoms with E-state index < -0.39 is 35.3 Å². The van der Waals surface area contributed by atoms with Gasteiger partial charge in [0.05, 0.1) is 19.6 Å². The van der Waals surface area contributed by atoms with Crippen LogP contribution in [-0.4, -0.2) is 36.7 Å². The van der Waals surface area contributed by atoms with Gasteiger partial charge in [-0.3, -0.25) is 14.4 Å². The second-order valence-corrected chi connectivity index (χ2v) is 5.64. The molecule has 21 heavy (non-hydrogen) atoms. The molecule has 0 bridgehead atoms. The second kappa shape index (κ2) is 8.00. The first-order chi connectivity index (χ1) is 9.62. The minimum absolute atomic E-state index is 0.101. The summed E-state index contributed by atoms with van der Waals surface area (Å²) in [5.74, 6) is -2.14. The van der Waals surface area contributed by atoms with E-state index in [9.17, 15) is 14.4 Å². The Morgan fingerprint density at radius 2 is 1.29 bits per heavy atom. The highest BCUT2D eigenvalue weighted by Crippen LogP contribution is 2.31. The molecule has 0 aromatic rings. The van der Waals surface area contributed by atoms with Crippen LogP contribution in [0.1, 0.15) is 54.4 Å². The van der Waals surface area contributed by atoms with Crippen LogP contribution in [-0.2, 0) is 28.6 Å². The maximum Gasteiger partial charge on any atom is 0.324 e. The first-order valence-corrected chi connectivity index (χ1v) is 7.19. The minimum atomic E-state index is -1.64. The molecule has 0 aromatic carbocycles. The van der Waals surface area contributed by atoms with Gasteiger partial charge in [0.25, 0.3) is 0 Å². The zero-order chi connectivity index (χ0) is 16.7. The predicted molar refractivity (Wildman–Crippen MR) is 76.5 cm³/mol. The molecule has 0 spiro atoms. The van der Waals surface area contributed by atoms with Crippen molar-refractivity contribution in [3.63, 3.8) is 0 Å². The lowest BCUT2D eigenvalue weighted by molar-refractivity contribution is -0.180. The lowest BCUT2D eigenvalue weighted by Crippen LogP contribution is -2.44. The molecular weight excluding hydrogens is 276 g/mol. The molecule has 0 rings (SSSR count). The van der Waals surface area contributed by atoms with Gasteiger partial charge in [-0.05, 0) is 41.0 Å². The van der Waals surface area contributed by atoms with Crippen molar-refractivity contribution in [2.75, 3.05) is 13.2 Å². The second-order valence-electron chi connectivity index (χ2n) is 5.64. The molecule has 0 atom stereocenters. The third-order valence-corrected chi connectivity index (χ3v) is 2.80. The number of hydrogen-bond acceptors (Lipinski definition) is 6. The quantitative estimate of drug-likeness (QED) is 0.408. The maximum absolute atomic E-state index is 12.2. The number of ether oxygens (including phenoxy) is 3. The van der Waals surface area contributed by atoms with Crippen molar-refractivity contribution in [2.45, 2.75) is 60.0 Å². The van der Waals surface area contributed by atoms with Crippen molar-refractivity contribution in [1.82, 2.24) is 0 Å². The van der Waals surface area contributed by atoms with Gasteiger partial charge in [0.15, 0.2) is 5.41 Å². The Labute approximate surface area is 126 Å². The van der Waals surface area contributed by atoms with Crippen LogP contribution in [0.2, 0.25) is 0 Å². The molecule has 122 valence electrons. The molecule has 6 heteroatoms. The monoisotopic (exact) mass is 302 g/mol. The molecule has 0 heterocycles. The van der Waals surface area contributed by atoms with Gasteiger partial charge in [0.2, 0.25) is 0 Å². The average Bonchev–Trinajstić information content (AvgIpc) is 2.34. The summed E-state index contributed by atoms with van der Waals surface area (Å²) in [6.45, 7) is 10.3. The molecule has 0 amide bonds. The van der Waals surface area contributed by atoms with Gasteiger partial charge in [0, 0.05) is 0 Å². The molecule has 0 unspecified atom stereocenters. The van der Waals surface area contributed by atoms with Crippen LogP contribution >= 0.6 is 0 Å². The molecule has 0 saturated heterocycles. The molecular formula is C15H26O6. The van der Waals surface area contributed by atoms with E-state index in [1.807, 2.05) is 0 Å². The number of esters is 3. The normalized spacial score (nSPS) is 11.7. The van der Waals surface area contributed by atoms with Crippen LogP contribution in [0, 0.1) is 5.41 Å². The van der Waals surface area contributed by atoms with Crippen molar-refractivity contribution in [2.24, 2.45) is 5.41 Å². The molecule has 6 nitrogen and oxygen atoms in total. The van der Waals surface area contributed by atoms with Crippen molar-refractivity contribution < 1.29 is 28.6 Å². The fraction of sp³-hybridized carbons (Fsp3) is 0.800. The van der Waals surface area contributed by atoms with Crippen LogP contribution in [0.15, 0.2) is 0 Å². The van der Waals surface area contributed by atoms with Crippen LogP contribution < -0.4 is 0 Å². The summed E-state index contributed by atoms with van der Waals surface area (Å²) >= 11 is 0. The maximum atomic E-state index is 12.2. The summed E-state index contributed by atoms with van der Waals surface area (Å²) in [6.07, 6.45) is -0.289. The summed E-state index contributed by atoms with van der Waals surface area (Å²) in [4.78, 5) is 36.4. The van der Waals surface area contributed by atoms with E-state index in [0.717, 1.165) is 0 Å². The molecule has 0 aliphatic rings. The summed E-state index contributed by atoms with van der Waals surface area (Å²) in [7, 11) is 0. The summed E-state index contributed by atoms with van der Waals surface area (Å²) in [5.41, 5.74) is -2.34. The van der Waals surface area contributed by atoms with Gasteiger partial charge in [-0.2, -0.15) is 0 Å². The number of hydrogen-bond donors (Lipinski definition) is 0. The van der Waals surface area contributed by atoms with Gasteiger partial charge in [-0.1, -0.05) is 6.92 Å². The van der Waals surface area contributed by atoms with Gasteiger partial charge in [0.1, 0.15) is 5.60 Å². The largest absolute Gasteiger partial charge is 0.465 e. The molecule has 0 N–H and O–H groups in total. The van der Waals surface area contributed by atoms with Crippen molar-refractivity contribution in [3.05, 3.63) is 0 Å². The number of carbonyl (C=O) groups excluding carboxylic acids is 3. The third-order valence-electron chi connectivity index (χ3n) is 2.80. The van der Waals surface area contributed by atoms with Crippen LogP contribution in [0.3, 0.4) is 0 Å². The Morgan fingerprint density at radius 3 is 1.57 bits per heavy atom. The van der Waals surface area contributed by atoms with E-state index in [0.29, 0.717) is 0 Å². The number of carbonyl (C=O) groups is 3. The zero-order valence-corrected chi connectivity index (χ0v) is 13.8. The Bertz CT molecular complexity index is 362. The summed E-state index contributed by atoms with van der Waals surface area (Å²) in [6, 6.07) is 0. The van der Waals surface area contributed by atoms with E-state index in [2.05, 4.69) is 0 Å². The van der Waals surface area contributed by atoms with E-state index in [-0.39, 0.29) is 19.6 Å². The zero-order valence-electron chi connectivity index (χ0n) is 13.8. The van der Waals surface area contributed by atoms with E-state index in [1.54, 1.807) is 41.5 Å². The first-order valence-electron chi connectivity index (χ1n) is 7.19. The fourth-order valence-electron chi connectivity index (χ4n) is 1.80. The van der Waals surface area contributed by atoms with Gasteiger partial charge in [-0.15, -0.1) is 0 Å². The van der Waals surface area contributed by atoms with Crippen LogP contribution in [0.5, 0.6) is 0 Å². The molecule has 0 radical (unpaired) electrons. The minimum Gasteiger partial charge on any atom is -0.465 e. The highest BCUT2D eigenvalue weighted by molar-refractivity contribution is 6.03. The topological polar surface area (TPSA) is 78.9 Å². The van der Waals surface area contributed by atoms with E-state index in [1.165, 1.54) is 0 Å². The lowest BCUT2D eigenvalue weighted by Gasteiger charge is -2.28. The third kappa shape index (κ3) is 5.73. The smallest absolute Gasteiger partial charge is 0.324 e. The molecule has 0 aliphatic carbocycles. The summed E-state index contributed by atoms with van der Waals surface area (Å²) < 4.78 is 15.1. The lowest BCUT2D eigenvalue weighted by atomic mass is 9.81. The number of rotatable bonds is 7. The molecule has 0 aliphatic heterocycles. The Kier molecular flexibility index (Phi) is 7.39.